The third-order valence-electron chi connectivity index (χ3n) is 4.42. The van der Waals surface area contributed by atoms with Gasteiger partial charge in [0, 0.05) is 16.5 Å². The summed E-state index contributed by atoms with van der Waals surface area (Å²) in [5, 5.41) is 9.10. The minimum absolute atomic E-state index is 0.850. The van der Waals surface area contributed by atoms with E-state index in [2.05, 4.69) is 81.6 Å². The van der Waals surface area contributed by atoms with Crippen LogP contribution in [0.25, 0.3) is 11.3 Å². The van der Waals surface area contributed by atoms with Crippen LogP contribution in [0.1, 0.15) is 22.3 Å². The molecule has 4 rings (SSSR count). The molecule has 0 heterocycles. The van der Waals surface area contributed by atoms with E-state index < -0.39 is 0 Å². The van der Waals surface area contributed by atoms with Gasteiger partial charge in [0.1, 0.15) is 0 Å². The van der Waals surface area contributed by atoms with Gasteiger partial charge in [-0.25, -0.2) is 0 Å². The molecule has 0 saturated carbocycles. The van der Waals surface area contributed by atoms with Crippen molar-refractivity contribution in [2.45, 2.75) is 13.3 Å². The van der Waals surface area contributed by atoms with Crippen LogP contribution in [0.4, 0.5) is 5.69 Å². The van der Waals surface area contributed by atoms with Crippen LogP contribution in [0.3, 0.4) is 0 Å². The van der Waals surface area contributed by atoms with Gasteiger partial charge in [-0.2, -0.15) is 5.11 Å². The summed E-state index contributed by atoms with van der Waals surface area (Å²) in [7, 11) is 0. The van der Waals surface area contributed by atoms with Crippen LogP contribution < -0.4 is 0 Å². The molecular weight excluding hydrogens is 372 g/mol. The fraction of sp³-hybridized carbons (Fsp3) is 0.0909. The van der Waals surface area contributed by atoms with E-state index in [4.69, 9.17) is 0 Å². The molecule has 0 N–H and O–H groups in total. The largest absolute Gasteiger partial charge is 0.151 e. The van der Waals surface area contributed by atoms with E-state index in [9.17, 15) is 0 Å². The molecule has 3 aromatic carbocycles. The Bertz CT molecular complexity index is 968. The number of hydrogen-bond acceptors (Lipinski definition) is 2. The van der Waals surface area contributed by atoms with Crippen molar-refractivity contribution in [2.75, 3.05) is 0 Å². The topological polar surface area (TPSA) is 24.7 Å². The van der Waals surface area contributed by atoms with Gasteiger partial charge in [-0.1, -0.05) is 70.0 Å². The molecule has 0 radical (unpaired) electrons. The number of benzene rings is 3. The van der Waals surface area contributed by atoms with E-state index >= 15 is 0 Å². The zero-order valence-corrected chi connectivity index (χ0v) is 15.5. The standard InChI is InChI=1S/C22H17BrN2/c1-15-6-8-16(9-7-15)21-14-17-4-2-3-5-20(17)22(21)25-24-19-12-10-18(23)11-13-19/h2-13H,14H2,1H3. The summed E-state index contributed by atoms with van der Waals surface area (Å²) in [6.07, 6.45) is 0.897. The highest BCUT2D eigenvalue weighted by atomic mass is 79.9. The van der Waals surface area contributed by atoms with Crippen molar-refractivity contribution in [3.8, 4) is 0 Å². The lowest BCUT2D eigenvalue weighted by atomic mass is 10.0. The van der Waals surface area contributed by atoms with Gasteiger partial charge in [0.2, 0.25) is 0 Å². The highest BCUT2D eigenvalue weighted by Crippen LogP contribution is 2.39. The van der Waals surface area contributed by atoms with Crippen molar-refractivity contribution < 1.29 is 0 Å². The molecule has 25 heavy (non-hydrogen) atoms. The second kappa shape index (κ2) is 6.77. The maximum atomic E-state index is 4.63. The van der Waals surface area contributed by atoms with E-state index in [1.165, 1.54) is 27.8 Å². The number of nitrogens with zero attached hydrogens (tertiary/aromatic N) is 2. The number of hydrogen-bond donors (Lipinski definition) is 0. The molecule has 0 spiro atoms. The SMILES string of the molecule is Cc1ccc(C2=C(N=Nc3ccc(Br)cc3)c3ccccc3C2)cc1. The van der Waals surface area contributed by atoms with Crippen LogP contribution in [0, 0.1) is 6.92 Å². The molecule has 3 aromatic rings. The molecular formula is C22H17BrN2. The van der Waals surface area contributed by atoms with E-state index in [-0.39, 0.29) is 0 Å². The summed E-state index contributed by atoms with van der Waals surface area (Å²) in [6, 6.07) is 25.0. The summed E-state index contributed by atoms with van der Waals surface area (Å²) < 4.78 is 1.04. The van der Waals surface area contributed by atoms with Crippen LogP contribution in [0.2, 0.25) is 0 Å². The van der Waals surface area contributed by atoms with Gasteiger partial charge in [0.15, 0.2) is 0 Å². The zero-order chi connectivity index (χ0) is 17.2. The maximum Gasteiger partial charge on any atom is 0.0973 e. The molecule has 2 nitrogen and oxygen atoms in total. The number of halogens is 1. The van der Waals surface area contributed by atoms with Gasteiger partial charge in [0.25, 0.3) is 0 Å². The van der Waals surface area contributed by atoms with Crippen LogP contribution in [-0.4, -0.2) is 0 Å². The Morgan fingerprint density at radius 3 is 2.28 bits per heavy atom. The molecule has 0 saturated heterocycles. The smallest absolute Gasteiger partial charge is 0.0973 e. The molecule has 1 aliphatic carbocycles. The molecule has 0 aliphatic heterocycles. The second-order valence-corrected chi connectivity index (χ2v) is 7.12. The van der Waals surface area contributed by atoms with Gasteiger partial charge in [-0.05, 0) is 47.9 Å². The molecule has 0 atom stereocenters. The molecule has 3 heteroatoms. The molecule has 122 valence electrons. The minimum Gasteiger partial charge on any atom is -0.151 e. The third kappa shape index (κ3) is 3.33. The first-order valence-electron chi connectivity index (χ1n) is 8.26. The van der Waals surface area contributed by atoms with Crippen molar-refractivity contribution in [1.82, 2.24) is 0 Å². The Kier molecular flexibility index (Phi) is 4.33. The lowest BCUT2D eigenvalue weighted by molar-refractivity contribution is 1.24. The van der Waals surface area contributed by atoms with Crippen molar-refractivity contribution in [1.29, 1.82) is 0 Å². The lowest BCUT2D eigenvalue weighted by Crippen LogP contribution is -1.86. The van der Waals surface area contributed by atoms with Gasteiger partial charge in [-0.15, -0.1) is 5.11 Å². The number of azo groups is 1. The molecule has 0 aromatic heterocycles. The monoisotopic (exact) mass is 388 g/mol. The fourth-order valence-electron chi connectivity index (χ4n) is 3.07. The van der Waals surface area contributed by atoms with Crippen LogP contribution in [-0.2, 0) is 6.42 Å². The molecule has 1 aliphatic rings. The van der Waals surface area contributed by atoms with Crippen molar-refractivity contribution in [3.63, 3.8) is 0 Å². The first-order valence-corrected chi connectivity index (χ1v) is 9.06. The average molecular weight is 389 g/mol. The Hall–Kier alpha value is -2.52. The number of fused-ring (bicyclic) bond motifs is 1. The summed E-state index contributed by atoms with van der Waals surface area (Å²) in [4.78, 5) is 0. The molecule has 0 fully saturated rings. The average Bonchev–Trinajstić information content (AvgIpc) is 3.00. The predicted molar refractivity (Wildman–Crippen MR) is 107 cm³/mol. The first-order chi connectivity index (χ1) is 12.2. The zero-order valence-electron chi connectivity index (χ0n) is 13.9. The Balaban J connectivity index is 1.78. The van der Waals surface area contributed by atoms with E-state index in [1.54, 1.807) is 0 Å². The molecule has 0 bridgehead atoms. The van der Waals surface area contributed by atoms with Gasteiger partial charge >= 0.3 is 0 Å². The first kappa shape index (κ1) is 16.0. The Morgan fingerprint density at radius 2 is 1.52 bits per heavy atom. The van der Waals surface area contributed by atoms with E-state index in [0.29, 0.717) is 0 Å². The summed E-state index contributed by atoms with van der Waals surface area (Å²) in [5.74, 6) is 0. The quantitative estimate of drug-likeness (QED) is 0.433. The van der Waals surface area contributed by atoms with Crippen LogP contribution in [0.5, 0.6) is 0 Å². The second-order valence-electron chi connectivity index (χ2n) is 6.20. The van der Waals surface area contributed by atoms with Crippen molar-refractivity contribution in [3.05, 3.63) is 99.5 Å². The van der Waals surface area contributed by atoms with E-state index in [1.807, 2.05) is 24.3 Å². The van der Waals surface area contributed by atoms with Crippen molar-refractivity contribution >= 4 is 32.9 Å². The third-order valence-corrected chi connectivity index (χ3v) is 4.95. The number of rotatable bonds is 3. The minimum atomic E-state index is 0.850. The van der Waals surface area contributed by atoms with Crippen LogP contribution in [0.15, 0.2) is 87.5 Å². The molecule has 0 unspecified atom stereocenters. The van der Waals surface area contributed by atoms with Crippen LogP contribution >= 0.6 is 15.9 Å². The Labute approximate surface area is 156 Å². The summed E-state index contributed by atoms with van der Waals surface area (Å²) >= 11 is 3.45. The lowest BCUT2D eigenvalue weighted by Gasteiger charge is -2.04. The molecule has 0 amide bonds. The maximum absolute atomic E-state index is 4.63. The summed E-state index contributed by atoms with van der Waals surface area (Å²) in [6.45, 7) is 2.11. The fourth-order valence-corrected chi connectivity index (χ4v) is 3.33. The predicted octanol–water partition coefficient (Wildman–Crippen LogP) is 6.97. The number of allylic oxidation sites excluding steroid dienone is 1. The normalized spacial score (nSPS) is 13.5. The van der Waals surface area contributed by atoms with Gasteiger partial charge < -0.3 is 0 Å². The highest BCUT2D eigenvalue weighted by Gasteiger charge is 2.22. The Morgan fingerprint density at radius 1 is 0.800 bits per heavy atom. The van der Waals surface area contributed by atoms with Gasteiger partial charge in [0.05, 0.1) is 11.4 Å². The van der Waals surface area contributed by atoms with Gasteiger partial charge in [-0.3, -0.25) is 0 Å². The highest BCUT2D eigenvalue weighted by molar-refractivity contribution is 9.10. The van der Waals surface area contributed by atoms with Crippen molar-refractivity contribution in [2.24, 2.45) is 10.2 Å². The summed E-state index contributed by atoms with van der Waals surface area (Å²) in [5.41, 5.74) is 8.03. The van der Waals surface area contributed by atoms with E-state index in [0.717, 1.165) is 22.3 Å². The number of aryl methyl sites for hydroxylation is 1.